The van der Waals surface area contributed by atoms with Gasteiger partial charge in [-0.25, -0.2) is 0 Å². The van der Waals surface area contributed by atoms with Gasteiger partial charge in [-0.15, -0.1) is 0 Å². The molecule has 2 N–H and O–H groups in total. The molecule has 1 aromatic rings. The number of aliphatic hydroxyl groups excluding tert-OH is 2. The van der Waals surface area contributed by atoms with E-state index in [4.69, 9.17) is 14.9 Å². The Bertz CT molecular complexity index is 463. The summed E-state index contributed by atoms with van der Waals surface area (Å²) >= 11 is 0. The van der Waals surface area contributed by atoms with Gasteiger partial charge in [0, 0.05) is 30.8 Å². The highest BCUT2D eigenvalue weighted by Gasteiger charge is 2.09. The molecule has 0 radical (unpaired) electrons. The SMILES string of the molecule is CCN(CCCO)Cc1cc(C#CCO)ccc1OC. The van der Waals surface area contributed by atoms with Gasteiger partial charge in [0.2, 0.25) is 0 Å². The summed E-state index contributed by atoms with van der Waals surface area (Å²) in [5, 5.41) is 17.7. The molecule has 0 spiro atoms. The van der Waals surface area contributed by atoms with Crippen LogP contribution in [0.2, 0.25) is 0 Å². The van der Waals surface area contributed by atoms with E-state index in [0.29, 0.717) is 0 Å². The maximum absolute atomic E-state index is 8.93. The van der Waals surface area contributed by atoms with Crippen LogP contribution >= 0.6 is 0 Å². The largest absolute Gasteiger partial charge is 0.496 e. The molecule has 0 saturated carbocycles. The predicted molar refractivity (Wildman–Crippen MR) is 79.6 cm³/mol. The summed E-state index contributed by atoms with van der Waals surface area (Å²) in [6.07, 6.45) is 0.764. The van der Waals surface area contributed by atoms with Crippen LogP contribution in [0.1, 0.15) is 24.5 Å². The van der Waals surface area contributed by atoms with Gasteiger partial charge in [-0.05, 0) is 31.2 Å². The van der Waals surface area contributed by atoms with E-state index < -0.39 is 0 Å². The number of hydrogen-bond acceptors (Lipinski definition) is 4. The summed E-state index contributed by atoms with van der Waals surface area (Å²) in [6, 6.07) is 5.77. The molecule has 0 unspecified atom stereocenters. The molecule has 4 heteroatoms. The molecule has 0 saturated heterocycles. The maximum atomic E-state index is 8.93. The fourth-order valence-electron chi connectivity index (χ4n) is 2.01. The van der Waals surface area contributed by atoms with Gasteiger partial charge >= 0.3 is 0 Å². The Labute approximate surface area is 121 Å². The summed E-state index contributed by atoms with van der Waals surface area (Å²) in [5.41, 5.74) is 1.94. The second kappa shape index (κ2) is 9.38. The summed E-state index contributed by atoms with van der Waals surface area (Å²) in [4.78, 5) is 2.25. The molecule has 0 fully saturated rings. The topological polar surface area (TPSA) is 52.9 Å². The number of ether oxygens (including phenoxy) is 1. The molecule has 110 valence electrons. The molecule has 0 aliphatic rings. The zero-order chi connectivity index (χ0) is 14.8. The normalized spacial score (nSPS) is 10.2. The molecule has 1 aromatic carbocycles. The van der Waals surface area contributed by atoms with E-state index in [0.717, 1.165) is 42.9 Å². The molecule has 0 heterocycles. The van der Waals surface area contributed by atoms with Gasteiger partial charge in [0.25, 0.3) is 0 Å². The molecule has 20 heavy (non-hydrogen) atoms. The van der Waals surface area contributed by atoms with E-state index in [-0.39, 0.29) is 13.2 Å². The Morgan fingerprint density at radius 3 is 2.70 bits per heavy atom. The fraction of sp³-hybridized carbons (Fsp3) is 0.500. The lowest BCUT2D eigenvalue weighted by Crippen LogP contribution is -2.25. The minimum Gasteiger partial charge on any atom is -0.496 e. The third-order valence-electron chi connectivity index (χ3n) is 3.07. The van der Waals surface area contributed by atoms with Crippen LogP contribution in [0.3, 0.4) is 0 Å². The van der Waals surface area contributed by atoms with E-state index in [2.05, 4.69) is 23.7 Å². The zero-order valence-corrected chi connectivity index (χ0v) is 12.2. The minimum absolute atomic E-state index is 0.140. The van der Waals surface area contributed by atoms with Crippen LogP contribution < -0.4 is 4.74 Å². The summed E-state index contributed by atoms with van der Waals surface area (Å²) in [6.45, 7) is 4.68. The third-order valence-corrected chi connectivity index (χ3v) is 3.07. The molecule has 4 nitrogen and oxygen atoms in total. The van der Waals surface area contributed by atoms with Crippen molar-refractivity contribution in [2.45, 2.75) is 19.9 Å². The van der Waals surface area contributed by atoms with Crippen molar-refractivity contribution in [3.63, 3.8) is 0 Å². The van der Waals surface area contributed by atoms with Crippen LogP contribution in [-0.4, -0.2) is 48.5 Å². The monoisotopic (exact) mass is 277 g/mol. The summed E-state index contributed by atoms with van der Waals surface area (Å²) < 4.78 is 5.38. The van der Waals surface area contributed by atoms with Gasteiger partial charge in [0.15, 0.2) is 0 Å². The van der Waals surface area contributed by atoms with Crippen molar-refractivity contribution in [2.24, 2.45) is 0 Å². The minimum atomic E-state index is -0.140. The standard InChI is InChI=1S/C16H23NO3/c1-3-17(9-5-11-19)13-15-12-14(6-4-10-18)7-8-16(15)20-2/h7-8,12,18-19H,3,5,9-11,13H2,1-2H3. The van der Waals surface area contributed by atoms with Gasteiger partial charge in [0.1, 0.15) is 12.4 Å². The van der Waals surface area contributed by atoms with Crippen molar-refractivity contribution in [2.75, 3.05) is 33.4 Å². The molecule has 0 bridgehead atoms. The highest BCUT2D eigenvalue weighted by atomic mass is 16.5. The molecule has 0 atom stereocenters. The molecule has 0 amide bonds. The van der Waals surface area contributed by atoms with Crippen LogP contribution in [0, 0.1) is 11.8 Å². The summed E-state index contributed by atoms with van der Waals surface area (Å²) in [7, 11) is 1.65. The second-order valence-corrected chi connectivity index (χ2v) is 4.43. The smallest absolute Gasteiger partial charge is 0.123 e. The van der Waals surface area contributed by atoms with Gasteiger partial charge in [-0.1, -0.05) is 18.8 Å². The van der Waals surface area contributed by atoms with Gasteiger partial charge in [-0.3, -0.25) is 4.90 Å². The van der Waals surface area contributed by atoms with E-state index in [1.54, 1.807) is 7.11 Å². The lowest BCUT2D eigenvalue weighted by Gasteiger charge is -2.21. The second-order valence-electron chi connectivity index (χ2n) is 4.43. The molecular formula is C16H23NO3. The zero-order valence-electron chi connectivity index (χ0n) is 12.2. The Balaban J connectivity index is 2.89. The first-order chi connectivity index (χ1) is 9.74. The molecule has 1 rings (SSSR count). The molecule has 0 aromatic heterocycles. The number of rotatable bonds is 7. The summed E-state index contributed by atoms with van der Waals surface area (Å²) in [5.74, 6) is 6.39. The van der Waals surface area contributed by atoms with E-state index >= 15 is 0 Å². The van der Waals surface area contributed by atoms with Crippen molar-refractivity contribution >= 4 is 0 Å². The highest BCUT2D eigenvalue weighted by molar-refractivity contribution is 5.44. The van der Waals surface area contributed by atoms with Gasteiger partial charge in [-0.2, -0.15) is 0 Å². The maximum Gasteiger partial charge on any atom is 0.123 e. The van der Waals surface area contributed by atoms with Crippen LogP contribution in [0.5, 0.6) is 5.75 Å². The number of nitrogens with zero attached hydrogens (tertiary/aromatic N) is 1. The predicted octanol–water partition coefficient (Wildman–Crippen LogP) is 1.24. The van der Waals surface area contributed by atoms with Crippen LogP contribution in [0.25, 0.3) is 0 Å². The van der Waals surface area contributed by atoms with E-state index in [9.17, 15) is 0 Å². The Hall–Kier alpha value is -1.54. The van der Waals surface area contributed by atoms with Gasteiger partial charge in [0.05, 0.1) is 7.11 Å². The fourth-order valence-corrected chi connectivity index (χ4v) is 2.01. The lowest BCUT2D eigenvalue weighted by atomic mass is 10.1. The first-order valence-corrected chi connectivity index (χ1v) is 6.85. The van der Waals surface area contributed by atoms with Crippen LogP contribution in [0.15, 0.2) is 18.2 Å². The first-order valence-electron chi connectivity index (χ1n) is 6.85. The van der Waals surface area contributed by atoms with Gasteiger partial charge < -0.3 is 14.9 Å². The van der Waals surface area contributed by atoms with Crippen LogP contribution in [-0.2, 0) is 6.54 Å². The average Bonchev–Trinajstić information content (AvgIpc) is 2.49. The Morgan fingerprint density at radius 2 is 2.10 bits per heavy atom. The quantitative estimate of drug-likeness (QED) is 0.736. The first kappa shape index (κ1) is 16.5. The number of benzene rings is 1. The molecule has 0 aliphatic heterocycles. The van der Waals surface area contributed by atoms with Crippen LogP contribution in [0.4, 0.5) is 0 Å². The van der Waals surface area contributed by atoms with Crippen molar-refractivity contribution in [1.29, 1.82) is 0 Å². The Kier molecular flexibility index (Phi) is 7.74. The molecule has 0 aliphatic carbocycles. The average molecular weight is 277 g/mol. The van der Waals surface area contributed by atoms with Crippen molar-refractivity contribution < 1.29 is 14.9 Å². The number of hydrogen-bond donors (Lipinski definition) is 2. The third kappa shape index (κ3) is 5.22. The van der Waals surface area contributed by atoms with Crippen molar-refractivity contribution in [3.8, 4) is 17.6 Å². The van der Waals surface area contributed by atoms with E-state index in [1.807, 2.05) is 18.2 Å². The Morgan fingerprint density at radius 1 is 1.30 bits per heavy atom. The molecular weight excluding hydrogens is 254 g/mol. The number of aliphatic hydroxyl groups is 2. The van der Waals surface area contributed by atoms with Crippen molar-refractivity contribution in [3.05, 3.63) is 29.3 Å². The lowest BCUT2D eigenvalue weighted by molar-refractivity contribution is 0.223. The van der Waals surface area contributed by atoms with E-state index in [1.165, 1.54) is 0 Å². The number of methoxy groups -OCH3 is 1. The van der Waals surface area contributed by atoms with Crippen molar-refractivity contribution in [1.82, 2.24) is 4.90 Å². The highest BCUT2D eigenvalue weighted by Crippen LogP contribution is 2.21.